The number of hydrogen-bond donors (Lipinski definition) is 0. The molecule has 0 amide bonds. The van der Waals surface area contributed by atoms with E-state index in [1.807, 2.05) is 54.4 Å². The van der Waals surface area contributed by atoms with Gasteiger partial charge in [0.05, 0.1) is 7.11 Å². The Morgan fingerprint density at radius 2 is 1.95 bits per heavy atom. The first kappa shape index (κ1) is 14.1. The van der Waals surface area contributed by atoms with Crippen LogP contribution in [0.5, 0.6) is 5.75 Å². The second-order valence-corrected chi connectivity index (χ2v) is 5.09. The van der Waals surface area contributed by atoms with Crippen molar-refractivity contribution < 1.29 is 4.74 Å². The van der Waals surface area contributed by atoms with E-state index in [0.29, 0.717) is 18.0 Å². The lowest BCUT2D eigenvalue weighted by molar-refractivity contribution is 0.414. The van der Waals surface area contributed by atoms with Crippen LogP contribution in [0.15, 0.2) is 59.5 Å². The van der Waals surface area contributed by atoms with Gasteiger partial charge >= 0.3 is 0 Å². The second kappa shape index (κ2) is 5.89. The maximum Gasteiger partial charge on any atom is 0.259 e. The first-order chi connectivity index (χ1) is 10.7. The molecule has 0 N–H and O–H groups in total. The molecular formula is C17H17N3O2. The van der Waals surface area contributed by atoms with Crippen molar-refractivity contribution in [1.82, 2.24) is 9.38 Å². The molecule has 0 spiro atoms. The fourth-order valence-corrected chi connectivity index (χ4v) is 2.32. The van der Waals surface area contributed by atoms with Crippen LogP contribution in [0, 0.1) is 0 Å². The zero-order valence-corrected chi connectivity index (χ0v) is 12.6. The minimum Gasteiger partial charge on any atom is -0.497 e. The quantitative estimate of drug-likeness (QED) is 0.741. The Morgan fingerprint density at radius 3 is 2.68 bits per heavy atom. The lowest BCUT2D eigenvalue weighted by atomic mass is 10.2. The summed E-state index contributed by atoms with van der Waals surface area (Å²) in [6, 6.07) is 14.9. The van der Waals surface area contributed by atoms with Crippen molar-refractivity contribution in [1.29, 1.82) is 0 Å². The van der Waals surface area contributed by atoms with Gasteiger partial charge in [-0.2, -0.15) is 0 Å². The number of hydrogen-bond acceptors (Lipinski definition) is 4. The van der Waals surface area contributed by atoms with Gasteiger partial charge in [0.25, 0.3) is 5.56 Å². The Balaban J connectivity index is 1.88. The Bertz CT molecular complexity index is 840. The predicted molar refractivity (Wildman–Crippen MR) is 86.6 cm³/mol. The standard InChI is InChI=1S/C17H17N3O2/c1-19(12-13-6-8-14(22-2)9-7-13)16-11-17(21)20-10-4-3-5-15(20)18-16/h3-11H,12H2,1-2H3. The number of rotatable bonds is 4. The molecule has 0 aliphatic rings. The number of anilines is 1. The lowest BCUT2D eigenvalue weighted by Crippen LogP contribution is -2.22. The van der Waals surface area contributed by atoms with Crippen molar-refractivity contribution in [2.75, 3.05) is 19.1 Å². The molecule has 0 aliphatic carbocycles. The van der Waals surface area contributed by atoms with Gasteiger partial charge in [-0.3, -0.25) is 9.20 Å². The Morgan fingerprint density at radius 1 is 1.18 bits per heavy atom. The van der Waals surface area contributed by atoms with E-state index in [0.717, 1.165) is 11.3 Å². The van der Waals surface area contributed by atoms with E-state index in [-0.39, 0.29) is 5.56 Å². The minimum absolute atomic E-state index is 0.0813. The molecule has 5 nitrogen and oxygen atoms in total. The molecule has 0 atom stereocenters. The number of benzene rings is 1. The highest BCUT2D eigenvalue weighted by atomic mass is 16.5. The van der Waals surface area contributed by atoms with Crippen LogP contribution >= 0.6 is 0 Å². The highest BCUT2D eigenvalue weighted by Crippen LogP contribution is 2.15. The van der Waals surface area contributed by atoms with Crippen LogP contribution < -0.4 is 15.2 Å². The van der Waals surface area contributed by atoms with Crippen molar-refractivity contribution in [3.63, 3.8) is 0 Å². The fraction of sp³-hybridized carbons (Fsp3) is 0.176. The first-order valence-electron chi connectivity index (χ1n) is 7.00. The van der Waals surface area contributed by atoms with Gasteiger partial charge in [0.15, 0.2) is 0 Å². The highest BCUT2D eigenvalue weighted by Gasteiger charge is 2.07. The van der Waals surface area contributed by atoms with Crippen LogP contribution in [0.2, 0.25) is 0 Å². The van der Waals surface area contributed by atoms with E-state index in [9.17, 15) is 4.79 Å². The Kier molecular flexibility index (Phi) is 3.78. The van der Waals surface area contributed by atoms with Crippen LogP contribution in [0.25, 0.3) is 5.65 Å². The molecule has 0 saturated carbocycles. The summed E-state index contributed by atoms with van der Waals surface area (Å²) < 4.78 is 6.69. The maximum absolute atomic E-state index is 12.1. The molecule has 2 heterocycles. The Labute approximate surface area is 128 Å². The summed E-state index contributed by atoms with van der Waals surface area (Å²) >= 11 is 0. The van der Waals surface area contributed by atoms with Crippen LogP contribution in [-0.4, -0.2) is 23.5 Å². The average Bonchev–Trinajstić information content (AvgIpc) is 2.55. The van der Waals surface area contributed by atoms with Crippen molar-refractivity contribution >= 4 is 11.5 Å². The van der Waals surface area contributed by atoms with E-state index in [2.05, 4.69) is 4.98 Å². The van der Waals surface area contributed by atoms with Gasteiger partial charge in [-0.25, -0.2) is 4.98 Å². The number of ether oxygens (including phenoxy) is 1. The summed E-state index contributed by atoms with van der Waals surface area (Å²) in [5.74, 6) is 1.49. The van der Waals surface area contributed by atoms with Crippen molar-refractivity contribution in [3.05, 3.63) is 70.6 Å². The molecule has 3 aromatic rings. The van der Waals surface area contributed by atoms with E-state index in [1.54, 1.807) is 19.4 Å². The molecule has 112 valence electrons. The fourth-order valence-electron chi connectivity index (χ4n) is 2.32. The predicted octanol–water partition coefficient (Wildman–Crippen LogP) is 2.34. The molecule has 0 unspecified atom stereocenters. The number of pyridine rings is 1. The molecule has 0 saturated heterocycles. The normalized spacial score (nSPS) is 10.6. The molecule has 3 rings (SSSR count). The summed E-state index contributed by atoms with van der Waals surface area (Å²) in [5, 5.41) is 0. The van der Waals surface area contributed by atoms with Gasteiger partial charge in [0.2, 0.25) is 0 Å². The summed E-state index contributed by atoms with van der Waals surface area (Å²) in [7, 11) is 3.57. The van der Waals surface area contributed by atoms with Gasteiger partial charge in [-0.05, 0) is 29.8 Å². The molecule has 0 aliphatic heterocycles. The molecule has 2 aromatic heterocycles. The summed E-state index contributed by atoms with van der Waals surface area (Å²) in [5.41, 5.74) is 1.69. The summed E-state index contributed by atoms with van der Waals surface area (Å²) in [4.78, 5) is 18.6. The van der Waals surface area contributed by atoms with E-state index >= 15 is 0 Å². The number of methoxy groups -OCH3 is 1. The number of fused-ring (bicyclic) bond motifs is 1. The smallest absolute Gasteiger partial charge is 0.259 e. The second-order valence-electron chi connectivity index (χ2n) is 5.09. The first-order valence-corrected chi connectivity index (χ1v) is 7.00. The highest BCUT2D eigenvalue weighted by molar-refractivity contribution is 5.48. The molecule has 0 fully saturated rings. The zero-order chi connectivity index (χ0) is 15.5. The molecule has 22 heavy (non-hydrogen) atoms. The summed E-state index contributed by atoms with van der Waals surface area (Å²) in [6.07, 6.45) is 1.72. The SMILES string of the molecule is COc1ccc(CN(C)c2cc(=O)n3ccccc3n2)cc1. The molecular weight excluding hydrogens is 278 g/mol. The number of aromatic nitrogens is 2. The van der Waals surface area contributed by atoms with Crippen molar-refractivity contribution in [2.24, 2.45) is 0 Å². The van der Waals surface area contributed by atoms with Crippen LogP contribution in [-0.2, 0) is 6.54 Å². The van der Waals surface area contributed by atoms with E-state index < -0.39 is 0 Å². The topological polar surface area (TPSA) is 46.8 Å². The van der Waals surface area contributed by atoms with Crippen LogP contribution in [0.4, 0.5) is 5.82 Å². The third kappa shape index (κ3) is 2.79. The maximum atomic E-state index is 12.1. The molecule has 1 aromatic carbocycles. The summed E-state index contributed by atoms with van der Waals surface area (Å²) in [6.45, 7) is 0.666. The largest absolute Gasteiger partial charge is 0.497 e. The molecule has 0 radical (unpaired) electrons. The van der Waals surface area contributed by atoms with Gasteiger partial charge in [-0.15, -0.1) is 0 Å². The van der Waals surface area contributed by atoms with Gasteiger partial charge in [-0.1, -0.05) is 18.2 Å². The number of nitrogens with zero attached hydrogens (tertiary/aromatic N) is 3. The monoisotopic (exact) mass is 295 g/mol. The van der Waals surface area contributed by atoms with Gasteiger partial charge < -0.3 is 9.64 Å². The molecule has 0 bridgehead atoms. The van der Waals surface area contributed by atoms with Gasteiger partial charge in [0.1, 0.15) is 17.2 Å². The Hall–Kier alpha value is -2.82. The van der Waals surface area contributed by atoms with Crippen LogP contribution in [0.3, 0.4) is 0 Å². The lowest BCUT2D eigenvalue weighted by Gasteiger charge is -2.18. The minimum atomic E-state index is -0.0813. The average molecular weight is 295 g/mol. The van der Waals surface area contributed by atoms with Crippen molar-refractivity contribution in [2.45, 2.75) is 6.54 Å². The van der Waals surface area contributed by atoms with Gasteiger partial charge in [0, 0.05) is 25.9 Å². The van der Waals surface area contributed by atoms with Crippen LogP contribution in [0.1, 0.15) is 5.56 Å². The van der Waals surface area contributed by atoms with Crippen molar-refractivity contribution in [3.8, 4) is 5.75 Å². The van der Waals surface area contributed by atoms with E-state index in [1.165, 1.54) is 4.40 Å². The molecule has 5 heteroatoms. The third-order valence-electron chi connectivity index (χ3n) is 3.53. The van der Waals surface area contributed by atoms with E-state index in [4.69, 9.17) is 4.74 Å². The zero-order valence-electron chi connectivity index (χ0n) is 12.6. The third-order valence-corrected chi connectivity index (χ3v) is 3.53.